The smallest absolute Gasteiger partial charge is 0.0809 e. The van der Waals surface area contributed by atoms with Gasteiger partial charge in [-0.1, -0.05) is 19.9 Å². The number of nitrogens with one attached hydrogen (secondary N) is 1. The maximum Gasteiger partial charge on any atom is 0.0809 e. The predicted octanol–water partition coefficient (Wildman–Crippen LogP) is 2.51. The molecule has 1 N–H and O–H groups in total. The summed E-state index contributed by atoms with van der Waals surface area (Å²) in [6.07, 6.45) is 0. The zero-order valence-electron chi connectivity index (χ0n) is 8.95. The van der Waals surface area contributed by atoms with E-state index in [1.165, 1.54) is 4.88 Å². The molecule has 2 nitrogen and oxygen atoms in total. The Balaban J connectivity index is 1.90. The molecule has 1 aromatic heterocycles. The van der Waals surface area contributed by atoms with Crippen LogP contribution in [0.2, 0.25) is 0 Å². The number of rotatable bonds is 7. The quantitative estimate of drug-likeness (QED) is 0.703. The van der Waals surface area contributed by atoms with Gasteiger partial charge < -0.3 is 10.1 Å². The van der Waals surface area contributed by atoms with Gasteiger partial charge in [0.1, 0.15) is 0 Å². The summed E-state index contributed by atoms with van der Waals surface area (Å²) in [4.78, 5) is 1.30. The van der Waals surface area contributed by atoms with Crippen molar-refractivity contribution in [2.24, 2.45) is 5.92 Å². The highest BCUT2D eigenvalue weighted by molar-refractivity contribution is 7.09. The molecule has 1 heterocycles. The van der Waals surface area contributed by atoms with E-state index in [2.05, 4.69) is 36.7 Å². The van der Waals surface area contributed by atoms with Crippen molar-refractivity contribution < 1.29 is 4.74 Å². The molecule has 0 unspecified atom stereocenters. The first-order valence-corrected chi connectivity index (χ1v) is 5.98. The summed E-state index contributed by atoms with van der Waals surface area (Å²) in [6.45, 7) is 7.98. The predicted molar refractivity (Wildman–Crippen MR) is 61.7 cm³/mol. The van der Waals surface area contributed by atoms with E-state index in [-0.39, 0.29) is 0 Å². The molecule has 3 heteroatoms. The fraction of sp³-hybridized carbons (Fsp3) is 0.636. The van der Waals surface area contributed by atoms with Gasteiger partial charge in [0, 0.05) is 11.4 Å². The van der Waals surface area contributed by atoms with E-state index in [0.29, 0.717) is 5.92 Å². The van der Waals surface area contributed by atoms with Gasteiger partial charge in [-0.2, -0.15) is 0 Å². The lowest BCUT2D eigenvalue weighted by molar-refractivity contribution is 0.124. The molecular formula is C11H19NOS. The van der Waals surface area contributed by atoms with Gasteiger partial charge >= 0.3 is 0 Å². The number of hydrogen-bond donors (Lipinski definition) is 1. The molecule has 0 aliphatic heterocycles. The zero-order chi connectivity index (χ0) is 10.2. The van der Waals surface area contributed by atoms with Gasteiger partial charge in [0.15, 0.2) is 0 Å². The highest BCUT2D eigenvalue weighted by atomic mass is 32.1. The largest absolute Gasteiger partial charge is 0.375 e. The van der Waals surface area contributed by atoms with Crippen LogP contribution < -0.4 is 5.32 Å². The van der Waals surface area contributed by atoms with Crippen LogP contribution in [0.1, 0.15) is 18.7 Å². The van der Waals surface area contributed by atoms with Gasteiger partial charge in [0.2, 0.25) is 0 Å². The number of ether oxygens (including phenoxy) is 1. The summed E-state index contributed by atoms with van der Waals surface area (Å²) in [6, 6.07) is 4.16. The van der Waals surface area contributed by atoms with Crippen molar-refractivity contribution in [3.63, 3.8) is 0 Å². The maximum atomic E-state index is 5.51. The van der Waals surface area contributed by atoms with Crippen LogP contribution in [-0.2, 0) is 11.3 Å². The van der Waals surface area contributed by atoms with Gasteiger partial charge in [0.05, 0.1) is 13.2 Å². The van der Waals surface area contributed by atoms with Gasteiger partial charge in [-0.05, 0) is 23.9 Å². The summed E-state index contributed by atoms with van der Waals surface area (Å²) in [5.74, 6) is 0.715. The van der Waals surface area contributed by atoms with Crippen molar-refractivity contribution in [1.29, 1.82) is 0 Å². The van der Waals surface area contributed by atoms with Crippen LogP contribution >= 0.6 is 11.3 Å². The Kier molecular flexibility index (Phi) is 5.83. The normalized spacial score (nSPS) is 11.1. The highest BCUT2D eigenvalue weighted by Gasteiger charge is 1.94. The molecule has 0 aromatic carbocycles. The van der Waals surface area contributed by atoms with Gasteiger partial charge in [-0.15, -0.1) is 11.3 Å². The lowest BCUT2D eigenvalue weighted by Gasteiger charge is -2.07. The molecule has 0 aliphatic rings. The summed E-state index contributed by atoms with van der Waals surface area (Å²) in [7, 11) is 0. The van der Waals surface area contributed by atoms with Crippen LogP contribution in [-0.4, -0.2) is 19.7 Å². The molecule has 1 aromatic rings. The summed E-state index contributed by atoms with van der Waals surface area (Å²) in [5.41, 5.74) is 0. The first kappa shape index (κ1) is 11.7. The van der Waals surface area contributed by atoms with Crippen LogP contribution in [0.4, 0.5) is 0 Å². The van der Waals surface area contributed by atoms with E-state index in [1.54, 1.807) is 11.3 Å². The Morgan fingerprint density at radius 2 is 2.36 bits per heavy atom. The average Bonchev–Trinajstić information content (AvgIpc) is 2.63. The minimum atomic E-state index is 0.715. The van der Waals surface area contributed by atoms with Gasteiger partial charge in [-0.3, -0.25) is 0 Å². The molecule has 0 saturated heterocycles. The third-order valence-corrected chi connectivity index (χ3v) is 2.65. The number of hydrogen-bond acceptors (Lipinski definition) is 3. The molecule has 1 rings (SSSR count). The lowest BCUT2D eigenvalue weighted by atomic mass is 10.2. The third kappa shape index (κ3) is 5.37. The summed E-state index contributed by atoms with van der Waals surface area (Å²) >= 11 is 1.75. The monoisotopic (exact) mass is 213 g/mol. The first-order chi connectivity index (χ1) is 6.79. The minimum absolute atomic E-state index is 0.715. The molecule has 14 heavy (non-hydrogen) atoms. The molecule has 0 atom stereocenters. The Morgan fingerprint density at radius 1 is 1.50 bits per heavy atom. The van der Waals surface area contributed by atoms with E-state index in [1.807, 2.05) is 0 Å². The van der Waals surface area contributed by atoms with Crippen molar-refractivity contribution >= 4 is 11.3 Å². The molecule has 0 spiro atoms. The molecule has 0 bridgehead atoms. The Labute approximate surface area is 90.3 Å². The van der Waals surface area contributed by atoms with Crippen molar-refractivity contribution in [3.8, 4) is 0 Å². The molecular weight excluding hydrogens is 194 g/mol. The Morgan fingerprint density at radius 3 is 3.00 bits per heavy atom. The molecule has 0 fully saturated rings. The maximum absolute atomic E-state index is 5.51. The fourth-order valence-electron chi connectivity index (χ4n) is 1.10. The molecule has 0 amide bonds. The van der Waals surface area contributed by atoms with E-state index < -0.39 is 0 Å². The van der Waals surface area contributed by atoms with Crippen LogP contribution in [0.3, 0.4) is 0 Å². The van der Waals surface area contributed by atoms with E-state index >= 15 is 0 Å². The van der Waals surface area contributed by atoms with Gasteiger partial charge in [0.25, 0.3) is 0 Å². The van der Waals surface area contributed by atoms with E-state index in [4.69, 9.17) is 4.74 Å². The highest BCUT2D eigenvalue weighted by Crippen LogP contribution is 2.08. The second kappa shape index (κ2) is 6.98. The van der Waals surface area contributed by atoms with Crippen molar-refractivity contribution in [2.45, 2.75) is 20.5 Å². The lowest BCUT2D eigenvalue weighted by Crippen LogP contribution is -2.23. The topological polar surface area (TPSA) is 21.3 Å². The first-order valence-electron chi connectivity index (χ1n) is 5.10. The summed E-state index contributed by atoms with van der Waals surface area (Å²) in [5, 5.41) is 5.42. The summed E-state index contributed by atoms with van der Waals surface area (Å²) < 4.78 is 5.51. The Hall–Kier alpha value is -0.380. The molecule has 0 saturated carbocycles. The molecule has 0 aliphatic carbocycles. The Bertz CT molecular complexity index is 221. The molecule has 0 radical (unpaired) electrons. The number of thiophene rings is 1. The van der Waals surface area contributed by atoms with Crippen molar-refractivity contribution in [1.82, 2.24) is 5.32 Å². The standard InChI is InChI=1S/C11H19NOS/c1-10(2)8-12-5-6-13-9-11-4-3-7-14-11/h3-4,7,10,12H,5-6,8-9H2,1-2H3. The van der Waals surface area contributed by atoms with E-state index in [9.17, 15) is 0 Å². The van der Waals surface area contributed by atoms with Crippen LogP contribution in [0.15, 0.2) is 17.5 Å². The molecule has 80 valence electrons. The van der Waals surface area contributed by atoms with E-state index in [0.717, 1.165) is 26.3 Å². The SMILES string of the molecule is CC(C)CNCCOCc1cccs1. The van der Waals surface area contributed by atoms with Crippen LogP contribution in [0, 0.1) is 5.92 Å². The minimum Gasteiger partial charge on any atom is -0.375 e. The average molecular weight is 213 g/mol. The fourth-order valence-corrected chi connectivity index (χ4v) is 1.74. The van der Waals surface area contributed by atoms with Gasteiger partial charge in [-0.25, -0.2) is 0 Å². The second-order valence-corrected chi connectivity index (χ2v) is 4.76. The second-order valence-electron chi connectivity index (χ2n) is 3.73. The van der Waals surface area contributed by atoms with Crippen LogP contribution in [0.5, 0.6) is 0 Å². The van der Waals surface area contributed by atoms with Crippen molar-refractivity contribution in [3.05, 3.63) is 22.4 Å². The van der Waals surface area contributed by atoms with Crippen LogP contribution in [0.25, 0.3) is 0 Å². The zero-order valence-corrected chi connectivity index (χ0v) is 9.77. The third-order valence-electron chi connectivity index (χ3n) is 1.80. The van der Waals surface area contributed by atoms with Crippen molar-refractivity contribution in [2.75, 3.05) is 19.7 Å².